The highest BCUT2D eigenvalue weighted by Gasteiger charge is 1.73. The largest absolute Gasteiger partial charge is 0.0961 e. The van der Waals surface area contributed by atoms with Gasteiger partial charge in [-0.25, -0.2) is 0 Å². The van der Waals surface area contributed by atoms with E-state index < -0.39 is 0 Å². The van der Waals surface area contributed by atoms with Gasteiger partial charge in [0, 0.05) is 0 Å². The molecule has 0 spiro atoms. The summed E-state index contributed by atoms with van der Waals surface area (Å²) in [7, 11) is 0. The minimum absolute atomic E-state index is 1.12. The summed E-state index contributed by atoms with van der Waals surface area (Å²) in [4.78, 5) is 0. The second-order valence-corrected chi connectivity index (χ2v) is 2.07. The standard InChI is InChI=1S/C7H12/c1-6(2)5-7(3)4/h5H,1H2,2-4H3. The molecule has 0 aromatic carbocycles. The lowest BCUT2D eigenvalue weighted by molar-refractivity contribution is 1.36. The third-order valence-corrected chi connectivity index (χ3v) is 0.535. The quantitative estimate of drug-likeness (QED) is 0.440. The first kappa shape index (κ1) is 6.48. The van der Waals surface area contributed by atoms with Crippen LogP contribution in [0.1, 0.15) is 20.8 Å². The summed E-state index contributed by atoms with van der Waals surface area (Å²) < 4.78 is 0. The summed E-state index contributed by atoms with van der Waals surface area (Å²) in [6.45, 7) is 9.84. The highest BCUT2D eigenvalue weighted by Crippen LogP contribution is 1.95. The topological polar surface area (TPSA) is 0 Å². The van der Waals surface area contributed by atoms with Gasteiger partial charge in [-0.15, -0.1) is 0 Å². The van der Waals surface area contributed by atoms with Crippen LogP contribution in [0.2, 0.25) is 0 Å². The molecule has 0 fully saturated rings. The van der Waals surface area contributed by atoms with E-state index in [1.54, 1.807) is 0 Å². The fraction of sp³-hybridized carbons (Fsp3) is 0.429. The van der Waals surface area contributed by atoms with E-state index in [-0.39, 0.29) is 0 Å². The van der Waals surface area contributed by atoms with Crippen LogP contribution in [-0.2, 0) is 0 Å². The van der Waals surface area contributed by atoms with Crippen molar-refractivity contribution >= 4 is 0 Å². The molecule has 0 heterocycles. The SMILES string of the molecule is C=C(C)C=C(C)C. The molecule has 0 bridgehead atoms. The van der Waals surface area contributed by atoms with E-state index in [0.717, 1.165) is 5.57 Å². The van der Waals surface area contributed by atoms with Crippen molar-refractivity contribution in [3.63, 3.8) is 0 Å². The van der Waals surface area contributed by atoms with Gasteiger partial charge in [-0.1, -0.05) is 23.8 Å². The fourth-order valence-corrected chi connectivity index (χ4v) is 0.493. The summed E-state index contributed by atoms with van der Waals surface area (Å²) in [6.07, 6.45) is 2.06. The minimum Gasteiger partial charge on any atom is -0.0961 e. The third-order valence-electron chi connectivity index (χ3n) is 0.535. The highest BCUT2D eigenvalue weighted by atomic mass is 13.8. The minimum atomic E-state index is 1.12. The summed E-state index contributed by atoms with van der Waals surface area (Å²) >= 11 is 0. The molecule has 0 N–H and O–H groups in total. The first-order valence-corrected chi connectivity index (χ1v) is 2.43. The maximum absolute atomic E-state index is 3.72. The Hall–Kier alpha value is -0.520. The van der Waals surface area contributed by atoms with Gasteiger partial charge in [0.2, 0.25) is 0 Å². The summed E-state index contributed by atoms with van der Waals surface area (Å²) in [6, 6.07) is 0. The van der Waals surface area contributed by atoms with Gasteiger partial charge in [0.05, 0.1) is 0 Å². The highest BCUT2D eigenvalue weighted by molar-refractivity contribution is 5.15. The molecule has 0 nitrogen and oxygen atoms in total. The van der Waals surface area contributed by atoms with Crippen LogP contribution in [0.25, 0.3) is 0 Å². The molecule has 0 radical (unpaired) electrons. The van der Waals surface area contributed by atoms with Gasteiger partial charge in [-0.3, -0.25) is 0 Å². The van der Waals surface area contributed by atoms with Crippen LogP contribution in [-0.4, -0.2) is 0 Å². The van der Waals surface area contributed by atoms with Gasteiger partial charge in [0.1, 0.15) is 0 Å². The Morgan fingerprint density at radius 1 is 1.29 bits per heavy atom. The van der Waals surface area contributed by atoms with Crippen molar-refractivity contribution in [2.75, 3.05) is 0 Å². The molecule has 0 aliphatic carbocycles. The van der Waals surface area contributed by atoms with Crippen LogP contribution in [0.15, 0.2) is 23.8 Å². The van der Waals surface area contributed by atoms with Gasteiger partial charge in [0.25, 0.3) is 0 Å². The second kappa shape index (κ2) is 2.62. The maximum Gasteiger partial charge on any atom is -0.0404 e. The van der Waals surface area contributed by atoms with Crippen molar-refractivity contribution in [2.24, 2.45) is 0 Å². The average molecular weight is 96.2 g/mol. The number of allylic oxidation sites excluding steroid dienone is 3. The normalized spacial score (nSPS) is 7.86. The molecular formula is C7H12. The van der Waals surface area contributed by atoms with E-state index in [2.05, 4.69) is 26.5 Å². The zero-order valence-electron chi connectivity index (χ0n) is 5.28. The van der Waals surface area contributed by atoms with Gasteiger partial charge < -0.3 is 0 Å². The van der Waals surface area contributed by atoms with E-state index in [0.29, 0.717) is 0 Å². The molecule has 0 unspecified atom stereocenters. The van der Waals surface area contributed by atoms with Crippen molar-refractivity contribution in [1.29, 1.82) is 0 Å². The molecule has 0 saturated carbocycles. The number of hydrogen-bond acceptors (Lipinski definition) is 0. The molecule has 0 aromatic rings. The fourth-order valence-electron chi connectivity index (χ4n) is 0.493. The van der Waals surface area contributed by atoms with Crippen LogP contribution < -0.4 is 0 Å². The van der Waals surface area contributed by atoms with Crippen molar-refractivity contribution in [2.45, 2.75) is 20.8 Å². The predicted molar refractivity (Wildman–Crippen MR) is 34.2 cm³/mol. The molecule has 0 heteroatoms. The van der Waals surface area contributed by atoms with Gasteiger partial charge in [-0.05, 0) is 20.8 Å². The van der Waals surface area contributed by atoms with Crippen molar-refractivity contribution in [1.82, 2.24) is 0 Å². The Morgan fingerprint density at radius 2 is 1.71 bits per heavy atom. The predicted octanol–water partition coefficient (Wildman–Crippen LogP) is 2.53. The molecule has 0 amide bonds. The van der Waals surface area contributed by atoms with E-state index in [1.807, 2.05) is 6.92 Å². The lowest BCUT2D eigenvalue weighted by Gasteiger charge is -1.85. The van der Waals surface area contributed by atoms with Crippen LogP contribution >= 0.6 is 0 Å². The molecule has 0 rings (SSSR count). The Bertz CT molecular complexity index is 92.6. The van der Waals surface area contributed by atoms with Gasteiger partial charge in [-0.2, -0.15) is 0 Å². The molecule has 0 aliphatic rings. The van der Waals surface area contributed by atoms with Crippen molar-refractivity contribution in [3.05, 3.63) is 23.8 Å². The molecule has 0 atom stereocenters. The second-order valence-electron chi connectivity index (χ2n) is 2.07. The Labute approximate surface area is 45.5 Å². The van der Waals surface area contributed by atoms with Crippen LogP contribution in [0, 0.1) is 0 Å². The molecule has 7 heavy (non-hydrogen) atoms. The van der Waals surface area contributed by atoms with E-state index in [4.69, 9.17) is 0 Å². The van der Waals surface area contributed by atoms with E-state index in [1.165, 1.54) is 5.57 Å². The molecule has 0 saturated heterocycles. The van der Waals surface area contributed by atoms with Crippen LogP contribution in [0.5, 0.6) is 0 Å². The van der Waals surface area contributed by atoms with E-state index in [9.17, 15) is 0 Å². The summed E-state index contributed by atoms with van der Waals surface area (Å²) in [5, 5.41) is 0. The number of rotatable bonds is 1. The molecule has 40 valence electrons. The van der Waals surface area contributed by atoms with Crippen LogP contribution in [0.3, 0.4) is 0 Å². The monoisotopic (exact) mass is 96.1 g/mol. The summed E-state index contributed by atoms with van der Waals surface area (Å²) in [5.41, 5.74) is 2.44. The first-order chi connectivity index (χ1) is 3.13. The van der Waals surface area contributed by atoms with Gasteiger partial charge in [0.15, 0.2) is 0 Å². The van der Waals surface area contributed by atoms with E-state index >= 15 is 0 Å². The Kier molecular flexibility index (Phi) is 2.42. The Balaban J connectivity index is 3.68. The zero-order valence-corrected chi connectivity index (χ0v) is 5.28. The third kappa shape index (κ3) is 5.48. The summed E-state index contributed by atoms with van der Waals surface area (Å²) in [5.74, 6) is 0. The van der Waals surface area contributed by atoms with Crippen LogP contribution in [0.4, 0.5) is 0 Å². The zero-order chi connectivity index (χ0) is 5.86. The maximum atomic E-state index is 3.72. The molecule has 0 aromatic heterocycles. The molecular weight excluding hydrogens is 84.1 g/mol. The molecule has 0 aliphatic heterocycles. The Morgan fingerprint density at radius 3 is 1.71 bits per heavy atom. The first-order valence-electron chi connectivity index (χ1n) is 2.43. The lowest BCUT2D eigenvalue weighted by Crippen LogP contribution is -1.64. The average Bonchev–Trinajstić information content (AvgIpc) is 1.27. The number of hydrogen-bond donors (Lipinski definition) is 0. The van der Waals surface area contributed by atoms with Crippen molar-refractivity contribution < 1.29 is 0 Å². The smallest absolute Gasteiger partial charge is 0.0404 e. The van der Waals surface area contributed by atoms with Crippen molar-refractivity contribution in [3.8, 4) is 0 Å². The van der Waals surface area contributed by atoms with Gasteiger partial charge >= 0.3 is 0 Å². The lowest BCUT2D eigenvalue weighted by atomic mass is 10.2.